The Balaban J connectivity index is 2.02. The summed E-state index contributed by atoms with van der Waals surface area (Å²) in [5.74, 6) is 1.07. The number of ketones is 1. The standard InChI is InChI=1S/C14H22O2/c1-12(2)10-4-6-13(3)7-5-11(15)9-14(13,8-10)16-12/h10H,4-9H2,1-3H3/t10?,13-,14?/m0/s1. The van der Waals surface area contributed by atoms with Crippen molar-refractivity contribution in [2.45, 2.75) is 70.5 Å². The molecule has 1 heterocycles. The summed E-state index contributed by atoms with van der Waals surface area (Å²) in [6.07, 6.45) is 6.11. The van der Waals surface area contributed by atoms with Gasteiger partial charge in [-0.25, -0.2) is 0 Å². The Morgan fingerprint density at radius 1 is 1.25 bits per heavy atom. The third kappa shape index (κ3) is 1.20. The lowest BCUT2D eigenvalue weighted by molar-refractivity contribution is -0.173. The third-order valence-corrected chi connectivity index (χ3v) is 5.60. The van der Waals surface area contributed by atoms with Crippen LogP contribution in [0.4, 0.5) is 0 Å². The van der Waals surface area contributed by atoms with Crippen molar-refractivity contribution in [1.82, 2.24) is 0 Å². The quantitative estimate of drug-likeness (QED) is 0.629. The minimum Gasteiger partial charge on any atom is -0.368 e. The van der Waals surface area contributed by atoms with E-state index in [0.29, 0.717) is 18.1 Å². The molecule has 0 aromatic heterocycles. The summed E-state index contributed by atoms with van der Waals surface area (Å²) in [5, 5.41) is 0. The van der Waals surface area contributed by atoms with Crippen molar-refractivity contribution in [2.75, 3.05) is 0 Å². The lowest BCUT2D eigenvalue weighted by Gasteiger charge is -2.51. The van der Waals surface area contributed by atoms with E-state index in [1.165, 1.54) is 12.8 Å². The van der Waals surface area contributed by atoms with Crippen molar-refractivity contribution >= 4 is 5.78 Å². The van der Waals surface area contributed by atoms with Crippen molar-refractivity contribution in [3.63, 3.8) is 0 Å². The van der Waals surface area contributed by atoms with E-state index >= 15 is 0 Å². The van der Waals surface area contributed by atoms with Gasteiger partial charge >= 0.3 is 0 Å². The molecule has 3 fully saturated rings. The SMILES string of the molecule is CC1(C)OC23CC(=O)CC[C@]2(C)CCC1C3. The van der Waals surface area contributed by atoms with Gasteiger partial charge in [-0.1, -0.05) is 6.92 Å². The molecule has 2 bridgehead atoms. The first-order valence-electron chi connectivity index (χ1n) is 6.59. The van der Waals surface area contributed by atoms with Gasteiger partial charge < -0.3 is 4.74 Å². The van der Waals surface area contributed by atoms with Crippen LogP contribution in [0.15, 0.2) is 0 Å². The van der Waals surface area contributed by atoms with Gasteiger partial charge in [0.2, 0.25) is 0 Å². The molecule has 3 rings (SSSR count). The predicted molar refractivity (Wildman–Crippen MR) is 62.2 cm³/mol. The maximum atomic E-state index is 11.8. The van der Waals surface area contributed by atoms with E-state index in [-0.39, 0.29) is 16.6 Å². The molecule has 2 saturated carbocycles. The summed E-state index contributed by atoms with van der Waals surface area (Å²) in [5.41, 5.74) is 0.120. The fraction of sp³-hybridized carbons (Fsp3) is 0.929. The van der Waals surface area contributed by atoms with E-state index in [4.69, 9.17) is 4.74 Å². The van der Waals surface area contributed by atoms with E-state index in [9.17, 15) is 4.79 Å². The molecule has 2 unspecified atom stereocenters. The average Bonchev–Trinajstić information content (AvgIpc) is 2.39. The van der Waals surface area contributed by atoms with Crippen LogP contribution in [0, 0.1) is 11.3 Å². The number of hydrogen-bond donors (Lipinski definition) is 0. The van der Waals surface area contributed by atoms with E-state index in [2.05, 4.69) is 20.8 Å². The highest BCUT2D eigenvalue weighted by Crippen LogP contribution is 2.63. The maximum Gasteiger partial charge on any atom is 0.135 e. The van der Waals surface area contributed by atoms with Gasteiger partial charge in [0.1, 0.15) is 5.78 Å². The van der Waals surface area contributed by atoms with Gasteiger partial charge in [0.15, 0.2) is 0 Å². The molecule has 1 spiro atoms. The van der Waals surface area contributed by atoms with Crippen LogP contribution in [0.25, 0.3) is 0 Å². The summed E-state index contributed by atoms with van der Waals surface area (Å²) >= 11 is 0. The summed E-state index contributed by atoms with van der Waals surface area (Å²) in [6, 6.07) is 0. The van der Waals surface area contributed by atoms with Crippen LogP contribution in [-0.4, -0.2) is 17.0 Å². The Kier molecular flexibility index (Phi) is 1.95. The molecule has 0 N–H and O–H groups in total. The van der Waals surface area contributed by atoms with E-state index < -0.39 is 0 Å². The average molecular weight is 222 g/mol. The van der Waals surface area contributed by atoms with Gasteiger partial charge in [-0.05, 0) is 50.9 Å². The zero-order valence-corrected chi connectivity index (χ0v) is 10.6. The molecule has 90 valence electrons. The van der Waals surface area contributed by atoms with Crippen LogP contribution in [0.1, 0.15) is 59.3 Å². The predicted octanol–water partition coefficient (Wildman–Crippen LogP) is 3.09. The van der Waals surface area contributed by atoms with Gasteiger partial charge in [0.25, 0.3) is 0 Å². The molecule has 1 aliphatic heterocycles. The number of rotatable bonds is 0. The first-order chi connectivity index (χ1) is 7.37. The molecule has 3 aliphatic rings. The van der Waals surface area contributed by atoms with Crippen LogP contribution in [0.2, 0.25) is 0 Å². The normalized spacial score (nSPS) is 50.2. The van der Waals surface area contributed by atoms with Crippen LogP contribution in [0.5, 0.6) is 0 Å². The molecular weight excluding hydrogens is 200 g/mol. The highest BCUT2D eigenvalue weighted by atomic mass is 16.5. The lowest BCUT2D eigenvalue weighted by Crippen LogP contribution is -2.52. The molecule has 3 atom stereocenters. The number of carbonyl (C=O) groups is 1. The Morgan fingerprint density at radius 2 is 2.00 bits per heavy atom. The van der Waals surface area contributed by atoms with Gasteiger partial charge in [-0.3, -0.25) is 4.79 Å². The molecule has 16 heavy (non-hydrogen) atoms. The van der Waals surface area contributed by atoms with Gasteiger partial charge in [0, 0.05) is 12.8 Å². The van der Waals surface area contributed by atoms with Crippen molar-refractivity contribution in [3.8, 4) is 0 Å². The van der Waals surface area contributed by atoms with E-state index in [0.717, 1.165) is 19.3 Å². The minimum atomic E-state index is -0.116. The fourth-order valence-corrected chi connectivity index (χ4v) is 4.31. The van der Waals surface area contributed by atoms with Gasteiger partial charge in [0.05, 0.1) is 11.2 Å². The summed E-state index contributed by atoms with van der Waals surface area (Å²) in [6.45, 7) is 6.76. The second-order valence-corrected chi connectivity index (χ2v) is 6.92. The van der Waals surface area contributed by atoms with Crippen LogP contribution >= 0.6 is 0 Å². The largest absolute Gasteiger partial charge is 0.368 e. The highest BCUT2D eigenvalue weighted by Gasteiger charge is 2.64. The Labute approximate surface area is 97.7 Å². The second-order valence-electron chi connectivity index (χ2n) is 6.92. The lowest BCUT2D eigenvalue weighted by atomic mass is 9.56. The molecule has 0 amide bonds. The summed E-state index contributed by atoms with van der Waals surface area (Å²) < 4.78 is 6.42. The number of hydrogen-bond acceptors (Lipinski definition) is 2. The molecule has 0 radical (unpaired) electrons. The smallest absolute Gasteiger partial charge is 0.135 e. The zero-order valence-electron chi connectivity index (χ0n) is 10.6. The van der Waals surface area contributed by atoms with Crippen LogP contribution < -0.4 is 0 Å². The van der Waals surface area contributed by atoms with E-state index in [1.807, 2.05) is 0 Å². The maximum absolute atomic E-state index is 11.8. The minimum absolute atomic E-state index is 0.0185. The van der Waals surface area contributed by atoms with Gasteiger partial charge in [-0.15, -0.1) is 0 Å². The summed E-state index contributed by atoms with van der Waals surface area (Å²) in [7, 11) is 0. The first-order valence-corrected chi connectivity index (χ1v) is 6.59. The second kappa shape index (κ2) is 2.90. The van der Waals surface area contributed by atoms with Gasteiger partial charge in [-0.2, -0.15) is 0 Å². The fourth-order valence-electron chi connectivity index (χ4n) is 4.31. The molecule has 0 aromatic carbocycles. The summed E-state index contributed by atoms with van der Waals surface area (Å²) in [4.78, 5) is 11.8. The molecule has 1 saturated heterocycles. The van der Waals surface area contributed by atoms with Crippen LogP contribution in [0.3, 0.4) is 0 Å². The van der Waals surface area contributed by atoms with Crippen molar-refractivity contribution in [1.29, 1.82) is 0 Å². The van der Waals surface area contributed by atoms with Crippen molar-refractivity contribution in [3.05, 3.63) is 0 Å². The molecule has 0 aromatic rings. The molecule has 2 aliphatic carbocycles. The molecular formula is C14H22O2. The number of Topliss-reactive ketones (excluding diaryl/α,β-unsaturated/α-hetero) is 1. The molecule has 2 heteroatoms. The Hall–Kier alpha value is -0.370. The zero-order chi connectivity index (χ0) is 11.6. The topological polar surface area (TPSA) is 26.3 Å². The third-order valence-electron chi connectivity index (χ3n) is 5.60. The van der Waals surface area contributed by atoms with E-state index in [1.54, 1.807) is 0 Å². The first kappa shape index (κ1) is 10.8. The monoisotopic (exact) mass is 222 g/mol. The number of ether oxygens (including phenoxy) is 1. The Morgan fingerprint density at radius 3 is 2.75 bits per heavy atom. The highest BCUT2D eigenvalue weighted by molar-refractivity contribution is 5.81. The van der Waals surface area contributed by atoms with Crippen LogP contribution in [-0.2, 0) is 9.53 Å². The van der Waals surface area contributed by atoms with Crippen molar-refractivity contribution in [2.24, 2.45) is 11.3 Å². The molecule has 2 nitrogen and oxygen atoms in total. The Bertz CT molecular complexity index is 347. The van der Waals surface area contributed by atoms with Crippen molar-refractivity contribution < 1.29 is 9.53 Å². The number of fused-ring (bicyclic) bond motifs is 1. The number of carbonyl (C=O) groups excluding carboxylic acids is 1.